The summed E-state index contributed by atoms with van der Waals surface area (Å²) in [6, 6.07) is 6.40. The summed E-state index contributed by atoms with van der Waals surface area (Å²) in [6.07, 6.45) is 11.8. The number of nitrogens with zero attached hydrogens (tertiary/aromatic N) is 2. The van der Waals surface area contributed by atoms with Gasteiger partial charge >= 0.3 is 5.97 Å². The molecule has 9 heteroatoms. The summed E-state index contributed by atoms with van der Waals surface area (Å²) in [4.78, 5) is 45.3. The van der Waals surface area contributed by atoms with E-state index in [2.05, 4.69) is 0 Å². The number of unbranched alkanes of at least 4 members (excludes halogenated alkanes) is 3. The van der Waals surface area contributed by atoms with Crippen LogP contribution in [0.3, 0.4) is 0 Å². The molecule has 5 rings (SSSR count). The lowest BCUT2D eigenvalue weighted by Crippen LogP contribution is -2.53. The maximum Gasteiger partial charge on any atom is 0.311 e. The highest BCUT2D eigenvalue weighted by atomic mass is 35.5. The number of esters is 1. The zero-order chi connectivity index (χ0) is 26.2. The third-order valence-electron chi connectivity index (χ3n) is 7.97. The Morgan fingerprint density at radius 2 is 1.78 bits per heavy atom. The van der Waals surface area contributed by atoms with E-state index >= 15 is 0 Å². The first kappa shape index (κ1) is 26.3. The quantitative estimate of drug-likeness (QED) is 0.317. The molecule has 4 aliphatic rings. The van der Waals surface area contributed by atoms with Crippen molar-refractivity contribution in [2.45, 2.75) is 54.6 Å². The SMILES string of the molecule is C[C@@]12C=CCCOC(=O)[C@@H]1[C@H]1C(=O)N(CCCCCCO)C3C(=O)N(c4ccc(Cl)cc4)CC=C[C@@]31S2. The third kappa shape index (κ3) is 4.51. The van der Waals surface area contributed by atoms with E-state index in [-0.39, 0.29) is 31.0 Å². The number of ether oxygens (including phenoxy) is 1. The highest BCUT2D eigenvalue weighted by Gasteiger charge is 2.73. The molecule has 0 saturated carbocycles. The molecule has 7 nitrogen and oxygen atoms in total. The minimum atomic E-state index is -0.881. The number of likely N-dealkylation sites (tertiary alicyclic amines) is 1. The maximum atomic E-state index is 14.3. The summed E-state index contributed by atoms with van der Waals surface area (Å²) < 4.78 is 4.04. The normalized spacial score (nSPS) is 32.9. The molecule has 4 aliphatic heterocycles. The molecule has 0 aromatic heterocycles. The largest absolute Gasteiger partial charge is 0.465 e. The molecule has 2 amide bonds. The molecule has 5 atom stereocenters. The number of amides is 2. The lowest BCUT2D eigenvalue weighted by atomic mass is 9.74. The van der Waals surface area contributed by atoms with Gasteiger partial charge in [-0.3, -0.25) is 14.4 Å². The third-order valence-corrected chi connectivity index (χ3v) is 10.0. The van der Waals surface area contributed by atoms with Crippen LogP contribution in [0.15, 0.2) is 48.6 Å². The van der Waals surface area contributed by atoms with E-state index in [1.54, 1.807) is 33.7 Å². The molecule has 37 heavy (non-hydrogen) atoms. The van der Waals surface area contributed by atoms with E-state index in [4.69, 9.17) is 21.4 Å². The van der Waals surface area contributed by atoms with E-state index in [1.807, 2.05) is 43.4 Å². The van der Waals surface area contributed by atoms with Crippen molar-refractivity contribution in [3.8, 4) is 0 Å². The number of fused-ring (bicyclic) bond motifs is 2. The van der Waals surface area contributed by atoms with Gasteiger partial charge in [0.15, 0.2) is 0 Å². The van der Waals surface area contributed by atoms with Crippen molar-refractivity contribution in [2.75, 3.05) is 31.2 Å². The summed E-state index contributed by atoms with van der Waals surface area (Å²) in [7, 11) is 0. The first-order valence-electron chi connectivity index (χ1n) is 13.0. The van der Waals surface area contributed by atoms with E-state index in [0.717, 1.165) is 24.9 Å². The summed E-state index contributed by atoms with van der Waals surface area (Å²) in [5.74, 6) is -2.04. The molecule has 4 heterocycles. The molecule has 0 aliphatic carbocycles. The zero-order valence-corrected chi connectivity index (χ0v) is 22.5. The fraction of sp³-hybridized carbons (Fsp3) is 0.536. The number of cyclic esters (lactones) is 1. The molecule has 0 bridgehead atoms. The van der Waals surface area contributed by atoms with Gasteiger partial charge in [-0.15, -0.1) is 11.8 Å². The van der Waals surface area contributed by atoms with Crippen molar-refractivity contribution in [3.05, 3.63) is 53.6 Å². The molecule has 1 aromatic carbocycles. The second-order valence-electron chi connectivity index (χ2n) is 10.4. The zero-order valence-electron chi connectivity index (χ0n) is 21.0. The first-order valence-corrected chi connectivity index (χ1v) is 14.2. The van der Waals surface area contributed by atoms with Gasteiger partial charge in [0.1, 0.15) is 6.04 Å². The molecule has 1 aromatic rings. The van der Waals surface area contributed by atoms with Gasteiger partial charge in [-0.2, -0.15) is 0 Å². The van der Waals surface area contributed by atoms with Crippen LogP contribution in [0.4, 0.5) is 5.69 Å². The number of halogens is 1. The number of aliphatic hydroxyl groups is 1. The topological polar surface area (TPSA) is 87.1 Å². The van der Waals surface area contributed by atoms with E-state index in [0.29, 0.717) is 31.0 Å². The van der Waals surface area contributed by atoms with Crippen LogP contribution < -0.4 is 4.90 Å². The van der Waals surface area contributed by atoms with Gasteiger partial charge in [0, 0.05) is 35.2 Å². The van der Waals surface area contributed by atoms with Crippen molar-refractivity contribution in [1.29, 1.82) is 0 Å². The monoisotopic (exact) mass is 544 g/mol. The Balaban J connectivity index is 1.56. The fourth-order valence-electron chi connectivity index (χ4n) is 6.33. The summed E-state index contributed by atoms with van der Waals surface area (Å²) in [6.45, 7) is 3.21. The predicted molar refractivity (Wildman–Crippen MR) is 144 cm³/mol. The Bertz CT molecular complexity index is 1120. The molecule has 2 fully saturated rings. The Kier molecular flexibility index (Phi) is 7.44. The van der Waals surface area contributed by atoms with Crippen LogP contribution in [-0.4, -0.2) is 69.6 Å². The number of anilines is 1. The molecule has 2 saturated heterocycles. The molecule has 1 N–H and O–H groups in total. The second-order valence-corrected chi connectivity index (χ2v) is 12.6. The smallest absolute Gasteiger partial charge is 0.311 e. The first-order chi connectivity index (χ1) is 17.8. The fourth-order valence-corrected chi connectivity index (χ4v) is 8.61. The number of rotatable bonds is 7. The average molecular weight is 545 g/mol. The van der Waals surface area contributed by atoms with Crippen LogP contribution in [0.5, 0.6) is 0 Å². The number of hydrogen-bond donors (Lipinski definition) is 1. The molecular formula is C28H33ClN2O5S. The van der Waals surface area contributed by atoms with Crippen molar-refractivity contribution in [3.63, 3.8) is 0 Å². The molecule has 1 spiro atoms. The van der Waals surface area contributed by atoms with Crippen molar-refractivity contribution < 1.29 is 24.2 Å². The summed E-state index contributed by atoms with van der Waals surface area (Å²) in [5, 5.41) is 9.70. The van der Waals surface area contributed by atoms with Crippen molar-refractivity contribution in [1.82, 2.24) is 4.90 Å². The molecule has 198 valence electrons. The van der Waals surface area contributed by atoms with Gasteiger partial charge in [-0.05, 0) is 50.5 Å². The number of aliphatic hydroxyl groups excluding tert-OH is 1. The van der Waals surface area contributed by atoms with Crippen LogP contribution in [0, 0.1) is 11.8 Å². The summed E-state index contributed by atoms with van der Waals surface area (Å²) in [5.41, 5.74) is 0.717. The van der Waals surface area contributed by atoms with Crippen LogP contribution in [0.1, 0.15) is 39.0 Å². The average Bonchev–Trinajstić information content (AvgIpc) is 3.18. The number of hydrogen-bond acceptors (Lipinski definition) is 6. The number of benzene rings is 1. The van der Waals surface area contributed by atoms with Crippen LogP contribution in [0.25, 0.3) is 0 Å². The number of carbonyl (C=O) groups excluding carboxylic acids is 3. The highest BCUT2D eigenvalue weighted by molar-refractivity contribution is 8.02. The molecule has 0 radical (unpaired) electrons. The lowest BCUT2D eigenvalue weighted by Gasteiger charge is -2.37. The summed E-state index contributed by atoms with van der Waals surface area (Å²) >= 11 is 7.66. The number of carbonyl (C=O) groups is 3. The Labute approximate surface area is 226 Å². The van der Waals surface area contributed by atoms with Crippen LogP contribution in [-0.2, 0) is 19.1 Å². The minimum Gasteiger partial charge on any atom is -0.465 e. The van der Waals surface area contributed by atoms with Crippen LogP contribution in [0.2, 0.25) is 5.02 Å². The van der Waals surface area contributed by atoms with Gasteiger partial charge in [0.25, 0.3) is 5.91 Å². The Morgan fingerprint density at radius 1 is 1.03 bits per heavy atom. The van der Waals surface area contributed by atoms with Crippen LogP contribution >= 0.6 is 23.4 Å². The van der Waals surface area contributed by atoms with Crippen molar-refractivity contribution in [2.24, 2.45) is 11.8 Å². The molecule has 1 unspecified atom stereocenters. The van der Waals surface area contributed by atoms with Gasteiger partial charge in [-0.25, -0.2) is 0 Å². The van der Waals surface area contributed by atoms with E-state index < -0.39 is 27.4 Å². The minimum absolute atomic E-state index is 0.141. The molecular weight excluding hydrogens is 512 g/mol. The van der Waals surface area contributed by atoms with Crippen molar-refractivity contribution >= 4 is 46.8 Å². The highest BCUT2D eigenvalue weighted by Crippen LogP contribution is 2.65. The number of thioether (sulfide) groups is 1. The Morgan fingerprint density at radius 3 is 2.54 bits per heavy atom. The maximum absolute atomic E-state index is 14.3. The lowest BCUT2D eigenvalue weighted by molar-refractivity contribution is -0.154. The Hall–Kier alpha value is -2.29. The predicted octanol–water partition coefficient (Wildman–Crippen LogP) is 3.99. The van der Waals surface area contributed by atoms with E-state index in [1.165, 1.54) is 0 Å². The standard InChI is InChI=1S/C28H33ClN2O5S/c1-27-13-4-7-18-36-26(35)22(27)21-24(33)31(15-5-2-3-6-17-32)23-25(34)30(16-8-14-28(21,23)37-27)20-11-9-19(29)10-12-20/h4,8-14,21-23,32H,2-3,5-7,15-18H2,1H3/t21-,22-,23?,27+,28-/m0/s1. The van der Waals surface area contributed by atoms with Gasteiger partial charge < -0.3 is 19.6 Å². The van der Waals surface area contributed by atoms with Gasteiger partial charge in [0.05, 0.1) is 23.2 Å². The second kappa shape index (κ2) is 10.5. The van der Waals surface area contributed by atoms with Gasteiger partial charge in [0.2, 0.25) is 5.91 Å². The van der Waals surface area contributed by atoms with E-state index in [9.17, 15) is 14.4 Å². The van der Waals surface area contributed by atoms with Gasteiger partial charge in [-0.1, -0.05) is 48.7 Å².